The minimum Gasteiger partial charge on any atom is -0.103 e. The summed E-state index contributed by atoms with van der Waals surface area (Å²) in [6.45, 7) is 10.4. The van der Waals surface area contributed by atoms with Gasteiger partial charge < -0.3 is 0 Å². The normalized spacial score (nSPS) is 33.6. The van der Waals surface area contributed by atoms with Crippen LogP contribution in [0, 0.1) is 11.8 Å². The van der Waals surface area contributed by atoms with Crippen LogP contribution in [-0.2, 0) is 5.41 Å². The van der Waals surface area contributed by atoms with E-state index in [2.05, 4.69) is 62.6 Å². The minimum absolute atomic E-state index is 0.185. The zero-order chi connectivity index (χ0) is 11.6. The van der Waals surface area contributed by atoms with Crippen LogP contribution in [-0.4, -0.2) is 0 Å². The maximum absolute atomic E-state index is 4.00. The van der Waals surface area contributed by atoms with E-state index in [1.807, 2.05) is 0 Å². The van der Waals surface area contributed by atoms with Crippen molar-refractivity contribution in [1.82, 2.24) is 0 Å². The number of hydrogen-bond acceptors (Lipinski definition) is 0. The van der Waals surface area contributed by atoms with Crippen molar-refractivity contribution in [2.24, 2.45) is 11.8 Å². The summed E-state index contributed by atoms with van der Waals surface area (Å²) in [6.07, 6.45) is 6.70. The summed E-state index contributed by atoms with van der Waals surface area (Å²) >= 11 is 0. The Morgan fingerprint density at radius 3 is 2.00 bits per heavy atom. The molecule has 16 heavy (non-hydrogen) atoms. The molecular formula is C16H20. The van der Waals surface area contributed by atoms with E-state index in [0.29, 0.717) is 11.8 Å². The largest absolute Gasteiger partial charge is 0.103 e. The predicted octanol–water partition coefficient (Wildman–Crippen LogP) is 4.34. The van der Waals surface area contributed by atoms with E-state index in [1.54, 1.807) is 0 Å². The van der Waals surface area contributed by atoms with Gasteiger partial charge in [-0.25, -0.2) is 0 Å². The van der Waals surface area contributed by atoms with Gasteiger partial charge >= 0.3 is 0 Å². The van der Waals surface area contributed by atoms with Crippen LogP contribution < -0.4 is 0 Å². The Hall–Kier alpha value is -1.30. The van der Waals surface area contributed by atoms with E-state index < -0.39 is 0 Å². The van der Waals surface area contributed by atoms with Crippen LogP contribution >= 0.6 is 0 Å². The molecule has 0 aliphatic heterocycles. The highest BCUT2D eigenvalue weighted by atomic mass is 14.5. The standard InChI is InChI=1S/C16H20/c1-4-13-11-12-14(5-2)16(13,3)15-9-7-6-8-10-15/h4-10,13-14H,1-2,11-12H2,3H3/t13-,14+,16?. The molecule has 84 valence electrons. The second-order valence-corrected chi connectivity index (χ2v) is 4.91. The van der Waals surface area contributed by atoms with E-state index in [1.165, 1.54) is 18.4 Å². The molecule has 1 aromatic carbocycles. The monoisotopic (exact) mass is 212 g/mol. The second kappa shape index (κ2) is 4.29. The van der Waals surface area contributed by atoms with Gasteiger partial charge in [-0.3, -0.25) is 0 Å². The lowest BCUT2D eigenvalue weighted by molar-refractivity contribution is 0.348. The molecule has 0 radical (unpaired) electrons. The Morgan fingerprint density at radius 1 is 1.06 bits per heavy atom. The van der Waals surface area contributed by atoms with E-state index in [4.69, 9.17) is 0 Å². The van der Waals surface area contributed by atoms with Gasteiger partial charge in [0.05, 0.1) is 0 Å². The first-order chi connectivity index (χ1) is 7.73. The maximum atomic E-state index is 4.00. The van der Waals surface area contributed by atoms with Gasteiger partial charge in [0.25, 0.3) is 0 Å². The fraction of sp³-hybridized carbons (Fsp3) is 0.375. The smallest absolute Gasteiger partial charge is 0.00499 e. The molecule has 0 amide bonds. The average Bonchev–Trinajstić information content (AvgIpc) is 2.68. The zero-order valence-corrected chi connectivity index (χ0v) is 10.0. The average molecular weight is 212 g/mol. The van der Waals surface area contributed by atoms with Crippen LogP contribution in [0.15, 0.2) is 55.6 Å². The molecule has 0 spiro atoms. The Morgan fingerprint density at radius 2 is 1.56 bits per heavy atom. The van der Waals surface area contributed by atoms with E-state index in [9.17, 15) is 0 Å². The quantitative estimate of drug-likeness (QED) is 0.654. The number of benzene rings is 1. The van der Waals surface area contributed by atoms with Crippen molar-refractivity contribution in [3.8, 4) is 0 Å². The molecule has 1 fully saturated rings. The molecule has 1 aliphatic rings. The third-order valence-electron chi connectivity index (χ3n) is 4.29. The van der Waals surface area contributed by atoms with Crippen molar-refractivity contribution < 1.29 is 0 Å². The van der Waals surface area contributed by atoms with Gasteiger partial charge in [-0.1, -0.05) is 49.4 Å². The maximum Gasteiger partial charge on any atom is 0.00499 e. The molecule has 0 bridgehead atoms. The molecule has 3 atom stereocenters. The Balaban J connectivity index is 2.46. The molecule has 1 aromatic rings. The Kier molecular flexibility index (Phi) is 3.00. The van der Waals surface area contributed by atoms with Crippen LogP contribution in [0.1, 0.15) is 25.3 Å². The molecule has 1 unspecified atom stereocenters. The van der Waals surface area contributed by atoms with Crippen LogP contribution in [0.5, 0.6) is 0 Å². The molecule has 0 saturated heterocycles. The van der Waals surface area contributed by atoms with Crippen LogP contribution in [0.25, 0.3) is 0 Å². The van der Waals surface area contributed by atoms with E-state index >= 15 is 0 Å². The van der Waals surface area contributed by atoms with Gasteiger partial charge in [0, 0.05) is 5.41 Å². The first-order valence-electron chi connectivity index (χ1n) is 6.04. The second-order valence-electron chi connectivity index (χ2n) is 4.91. The highest BCUT2D eigenvalue weighted by Gasteiger charge is 2.44. The molecule has 1 aliphatic carbocycles. The summed E-state index contributed by atoms with van der Waals surface area (Å²) in [5.74, 6) is 1.13. The lowest BCUT2D eigenvalue weighted by atomic mass is 9.69. The predicted molar refractivity (Wildman–Crippen MR) is 70.4 cm³/mol. The highest BCUT2D eigenvalue weighted by Crippen LogP contribution is 2.50. The lowest BCUT2D eigenvalue weighted by Gasteiger charge is -2.35. The molecule has 1 saturated carbocycles. The lowest BCUT2D eigenvalue weighted by Crippen LogP contribution is -2.31. The van der Waals surface area contributed by atoms with Gasteiger partial charge in [-0.2, -0.15) is 0 Å². The Bertz CT molecular complexity index is 358. The minimum atomic E-state index is 0.185. The number of rotatable bonds is 3. The molecule has 0 heteroatoms. The summed E-state index contributed by atoms with van der Waals surface area (Å²) in [5, 5.41) is 0. The fourth-order valence-corrected chi connectivity index (χ4v) is 3.18. The topological polar surface area (TPSA) is 0 Å². The van der Waals surface area contributed by atoms with Gasteiger partial charge in [-0.15, -0.1) is 13.2 Å². The highest BCUT2D eigenvalue weighted by molar-refractivity contribution is 5.31. The first kappa shape index (κ1) is 11.2. The molecular weight excluding hydrogens is 192 g/mol. The van der Waals surface area contributed by atoms with Crippen molar-refractivity contribution >= 4 is 0 Å². The van der Waals surface area contributed by atoms with Crippen molar-refractivity contribution in [3.05, 3.63) is 61.2 Å². The third kappa shape index (κ3) is 1.53. The summed E-state index contributed by atoms with van der Waals surface area (Å²) in [6, 6.07) is 10.8. The van der Waals surface area contributed by atoms with Gasteiger partial charge in [-0.05, 0) is 30.2 Å². The fourth-order valence-electron chi connectivity index (χ4n) is 3.18. The summed E-state index contributed by atoms with van der Waals surface area (Å²) in [4.78, 5) is 0. The van der Waals surface area contributed by atoms with Gasteiger partial charge in [0.1, 0.15) is 0 Å². The number of hydrogen-bond donors (Lipinski definition) is 0. The molecule has 0 heterocycles. The van der Waals surface area contributed by atoms with Gasteiger partial charge in [0.2, 0.25) is 0 Å². The zero-order valence-electron chi connectivity index (χ0n) is 10.0. The van der Waals surface area contributed by atoms with Crippen LogP contribution in [0.2, 0.25) is 0 Å². The van der Waals surface area contributed by atoms with E-state index in [0.717, 1.165) is 0 Å². The molecule has 0 N–H and O–H groups in total. The van der Waals surface area contributed by atoms with Gasteiger partial charge in [0.15, 0.2) is 0 Å². The first-order valence-corrected chi connectivity index (χ1v) is 6.04. The molecule has 0 aromatic heterocycles. The summed E-state index contributed by atoms with van der Waals surface area (Å²) < 4.78 is 0. The summed E-state index contributed by atoms with van der Waals surface area (Å²) in [5.41, 5.74) is 1.60. The van der Waals surface area contributed by atoms with Crippen LogP contribution in [0.3, 0.4) is 0 Å². The van der Waals surface area contributed by atoms with Crippen molar-refractivity contribution in [2.45, 2.75) is 25.2 Å². The SMILES string of the molecule is C=C[C@@H]1CC[C@H](C=C)C1(C)c1ccccc1. The van der Waals surface area contributed by atoms with Crippen molar-refractivity contribution in [3.63, 3.8) is 0 Å². The Labute approximate surface area is 98.7 Å². The summed E-state index contributed by atoms with van der Waals surface area (Å²) in [7, 11) is 0. The van der Waals surface area contributed by atoms with E-state index in [-0.39, 0.29) is 5.41 Å². The molecule has 0 nitrogen and oxygen atoms in total. The van der Waals surface area contributed by atoms with Crippen LogP contribution in [0.4, 0.5) is 0 Å². The van der Waals surface area contributed by atoms with Crippen molar-refractivity contribution in [2.75, 3.05) is 0 Å². The third-order valence-corrected chi connectivity index (χ3v) is 4.29. The molecule has 2 rings (SSSR count). The van der Waals surface area contributed by atoms with Crippen molar-refractivity contribution in [1.29, 1.82) is 0 Å². The number of allylic oxidation sites excluding steroid dienone is 2.